The molecule has 0 atom stereocenters. The van der Waals surface area contributed by atoms with E-state index in [2.05, 4.69) is 0 Å². The van der Waals surface area contributed by atoms with Gasteiger partial charge < -0.3 is 14.6 Å². The van der Waals surface area contributed by atoms with Crippen LogP contribution in [-0.2, 0) is 16.1 Å². The van der Waals surface area contributed by atoms with Gasteiger partial charge in [-0.25, -0.2) is 0 Å². The van der Waals surface area contributed by atoms with Crippen molar-refractivity contribution in [2.75, 3.05) is 7.11 Å². The zero-order valence-corrected chi connectivity index (χ0v) is 9.69. The van der Waals surface area contributed by atoms with Crippen LogP contribution in [0.15, 0.2) is 18.2 Å². The van der Waals surface area contributed by atoms with Crippen molar-refractivity contribution in [1.82, 2.24) is 0 Å². The quantitative estimate of drug-likeness (QED) is 0.796. The standard InChI is InChI=1S/C12H16O4/c1-8(2)12(14)16-7-9-4-5-10(13)11(6-9)15-3/h4-6,8,13H,7H2,1-3H3. The average molecular weight is 224 g/mol. The topological polar surface area (TPSA) is 55.8 Å². The van der Waals surface area contributed by atoms with Crippen LogP contribution >= 0.6 is 0 Å². The summed E-state index contributed by atoms with van der Waals surface area (Å²) in [6.45, 7) is 3.74. The van der Waals surface area contributed by atoms with E-state index in [0.29, 0.717) is 5.75 Å². The van der Waals surface area contributed by atoms with Crippen molar-refractivity contribution in [2.24, 2.45) is 5.92 Å². The van der Waals surface area contributed by atoms with Gasteiger partial charge in [0.25, 0.3) is 0 Å². The van der Waals surface area contributed by atoms with Gasteiger partial charge in [-0.05, 0) is 17.7 Å². The summed E-state index contributed by atoms with van der Waals surface area (Å²) in [5, 5.41) is 9.37. The number of hydrogen-bond acceptors (Lipinski definition) is 4. The van der Waals surface area contributed by atoms with Crippen molar-refractivity contribution >= 4 is 5.97 Å². The lowest BCUT2D eigenvalue weighted by molar-refractivity contribution is -0.148. The fourth-order valence-electron chi connectivity index (χ4n) is 1.13. The van der Waals surface area contributed by atoms with E-state index in [1.54, 1.807) is 26.0 Å². The van der Waals surface area contributed by atoms with E-state index in [1.807, 2.05) is 0 Å². The van der Waals surface area contributed by atoms with Crippen molar-refractivity contribution in [3.05, 3.63) is 23.8 Å². The summed E-state index contributed by atoms with van der Waals surface area (Å²) in [7, 11) is 1.47. The number of methoxy groups -OCH3 is 1. The fourth-order valence-corrected chi connectivity index (χ4v) is 1.13. The second kappa shape index (κ2) is 5.39. The van der Waals surface area contributed by atoms with Crippen LogP contribution in [-0.4, -0.2) is 18.2 Å². The number of phenolic OH excluding ortho intramolecular Hbond substituents is 1. The summed E-state index contributed by atoms with van der Waals surface area (Å²) in [6.07, 6.45) is 0. The molecule has 1 rings (SSSR count). The number of rotatable bonds is 4. The summed E-state index contributed by atoms with van der Waals surface area (Å²) < 4.78 is 10.0. The van der Waals surface area contributed by atoms with Gasteiger partial charge in [-0.15, -0.1) is 0 Å². The van der Waals surface area contributed by atoms with Crippen molar-refractivity contribution in [2.45, 2.75) is 20.5 Å². The molecule has 0 radical (unpaired) electrons. The normalized spacial score (nSPS) is 10.2. The highest BCUT2D eigenvalue weighted by Gasteiger charge is 2.09. The molecule has 0 fully saturated rings. The highest BCUT2D eigenvalue weighted by Crippen LogP contribution is 2.26. The Morgan fingerprint density at radius 3 is 2.69 bits per heavy atom. The van der Waals surface area contributed by atoms with E-state index in [1.165, 1.54) is 13.2 Å². The summed E-state index contributed by atoms with van der Waals surface area (Å²) >= 11 is 0. The SMILES string of the molecule is COc1cc(COC(=O)C(C)C)ccc1O. The largest absolute Gasteiger partial charge is 0.504 e. The zero-order valence-electron chi connectivity index (χ0n) is 9.69. The molecule has 0 saturated carbocycles. The smallest absolute Gasteiger partial charge is 0.308 e. The molecule has 0 amide bonds. The molecule has 4 heteroatoms. The number of carbonyl (C=O) groups is 1. The van der Waals surface area contributed by atoms with Crippen molar-refractivity contribution in [3.8, 4) is 11.5 Å². The summed E-state index contributed by atoms with van der Waals surface area (Å²) in [6, 6.07) is 4.84. The van der Waals surface area contributed by atoms with Gasteiger partial charge in [-0.2, -0.15) is 0 Å². The third-order valence-electron chi connectivity index (χ3n) is 2.10. The Balaban J connectivity index is 2.64. The Morgan fingerprint density at radius 1 is 1.44 bits per heavy atom. The average Bonchev–Trinajstić information content (AvgIpc) is 2.27. The first-order chi connectivity index (χ1) is 7.54. The van der Waals surface area contributed by atoms with Crippen LogP contribution in [0, 0.1) is 5.92 Å². The van der Waals surface area contributed by atoms with Gasteiger partial charge in [0, 0.05) is 0 Å². The Bertz CT molecular complexity index is 371. The number of ether oxygens (including phenoxy) is 2. The van der Waals surface area contributed by atoms with Crippen molar-refractivity contribution < 1.29 is 19.4 Å². The lowest BCUT2D eigenvalue weighted by atomic mass is 10.2. The minimum Gasteiger partial charge on any atom is -0.504 e. The molecular weight excluding hydrogens is 208 g/mol. The van der Waals surface area contributed by atoms with Crippen LogP contribution in [0.5, 0.6) is 11.5 Å². The summed E-state index contributed by atoms with van der Waals surface area (Å²) in [4.78, 5) is 11.2. The second-order valence-electron chi connectivity index (χ2n) is 3.77. The molecule has 4 nitrogen and oxygen atoms in total. The first-order valence-electron chi connectivity index (χ1n) is 5.07. The van der Waals surface area contributed by atoms with Crippen LogP contribution in [0.3, 0.4) is 0 Å². The van der Waals surface area contributed by atoms with Gasteiger partial charge in [0.15, 0.2) is 11.5 Å². The molecule has 0 aromatic heterocycles. The molecule has 0 saturated heterocycles. The maximum absolute atomic E-state index is 11.2. The highest BCUT2D eigenvalue weighted by atomic mass is 16.5. The van der Waals surface area contributed by atoms with Gasteiger partial charge >= 0.3 is 5.97 Å². The predicted molar refractivity (Wildman–Crippen MR) is 59.3 cm³/mol. The van der Waals surface area contributed by atoms with Crippen LogP contribution in [0.25, 0.3) is 0 Å². The van der Waals surface area contributed by atoms with Crippen LogP contribution in [0.4, 0.5) is 0 Å². The predicted octanol–water partition coefficient (Wildman–Crippen LogP) is 2.10. The Morgan fingerprint density at radius 2 is 2.12 bits per heavy atom. The third-order valence-corrected chi connectivity index (χ3v) is 2.10. The first kappa shape index (κ1) is 12.4. The number of benzene rings is 1. The third kappa shape index (κ3) is 3.15. The minimum absolute atomic E-state index is 0.0708. The molecule has 0 aliphatic rings. The van der Waals surface area contributed by atoms with Crippen LogP contribution < -0.4 is 4.74 Å². The van der Waals surface area contributed by atoms with Crippen LogP contribution in [0.2, 0.25) is 0 Å². The maximum atomic E-state index is 11.2. The molecule has 1 N–H and O–H groups in total. The molecule has 0 aliphatic heterocycles. The first-order valence-corrected chi connectivity index (χ1v) is 5.07. The highest BCUT2D eigenvalue weighted by molar-refractivity contribution is 5.71. The molecule has 0 unspecified atom stereocenters. The van der Waals surface area contributed by atoms with E-state index in [0.717, 1.165) is 5.56 Å². The molecule has 1 aromatic carbocycles. The number of aromatic hydroxyl groups is 1. The summed E-state index contributed by atoms with van der Waals surface area (Å²) in [5.74, 6) is 0.0607. The molecule has 0 spiro atoms. The lowest BCUT2D eigenvalue weighted by Gasteiger charge is -2.09. The lowest BCUT2D eigenvalue weighted by Crippen LogP contribution is -2.11. The molecule has 0 bridgehead atoms. The molecule has 1 aromatic rings. The van der Waals surface area contributed by atoms with E-state index < -0.39 is 0 Å². The van der Waals surface area contributed by atoms with Crippen molar-refractivity contribution in [1.29, 1.82) is 0 Å². The number of carbonyl (C=O) groups excluding carboxylic acids is 1. The Kier molecular flexibility index (Phi) is 4.17. The van der Waals surface area contributed by atoms with Crippen molar-refractivity contribution in [3.63, 3.8) is 0 Å². The van der Waals surface area contributed by atoms with Gasteiger partial charge in [-0.3, -0.25) is 4.79 Å². The molecular formula is C12H16O4. The molecule has 0 heterocycles. The van der Waals surface area contributed by atoms with Gasteiger partial charge in [0.05, 0.1) is 13.0 Å². The number of esters is 1. The van der Waals surface area contributed by atoms with Gasteiger partial charge in [0.2, 0.25) is 0 Å². The molecule has 88 valence electrons. The van der Waals surface area contributed by atoms with Gasteiger partial charge in [-0.1, -0.05) is 19.9 Å². The van der Waals surface area contributed by atoms with E-state index in [-0.39, 0.29) is 24.2 Å². The molecule has 16 heavy (non-hydrogen) atoms. The number of hydrogen-bond donors (Lipinski definition) is 1. The number of phenols is 1. The van der Waals surface area contributed by atoms with E-state index in [4.69, 9.17) is 9.47 Å². The maximum Gasteiger partial charge on any atom is 0.308 e. The van der Waals surface area contributed by atoms with E-state index in [9.17, 15) is 9.90 Å². The van der Waals surface area contributed by atoms with Gasteiger partial charge in [0.1, 0.15) is 6.61 Å². The zero-order chi connectivity index (χ0) is 12.1. The molecule has 0 aliphatic carbocycles. The van der Waals surface area contributed by atoms with E-state index >= 15 is 0 Å². The minimum atomic E-state index is -0.243. The Labute approximate surface area is 94.8 Å². The van der Waals surface area contributed by atoms with Crippen LogP contribution in [0.1, 0.15) is 19.4 Å². The summed E-state index contributed by atoms with van der Waals surface area (Å²) in [5.41, 5.74) is 0.781. The monoisotopic (exact) mass is 224 g/mol. The fraction of sp³-hybridized carbons (Fsp3) is 0.417. The second-order valence-corrected chi connectivity index (χ2v) is 3.77. The Hall–Kier alpha value is -1.71.